The zero-order valence-electron chi connectivity index (χ0n) is 9.71. The van der Waals surface area contributed by atoms with Gasteiger partial charge in [0.1, 0.15) is 16.6 Å². The first-order chi connectivity index (χ1) is 8.39. The van der Waals surface area contributed by atoms with Gasteiger partial charge in [0.2, 0.25) is 10.0 Å². The Labute approximate surface area is 110 Å². The SMILES string of the molecule is CCCN(CC(=O)O)S(=O)(=O)c1cccnc1Cl. The molecule has 8 heteroatoms. The lowest BCUT2D eigenvalue weighted by Crippen LogP contribution is -2.36. The first kappa shape index (κ1) is 14.9. The minimum atomic E-state index is -3.93. The first-order valence-corrected chi connectivity index (χ1v) is 7.04. The van der Waals surface area contributed by atoms with E-state index in [0.29, 0.717) is 6.42 Å². The van der Waals surface area contributed by atoms with Crippen molar-refractivity contribution in [1.29, 1.82) is 0 Å². The third-order valence-corrected chi connectivity index (χ3v) is 4.42. The number of rotatable bonds is 6. The molecular formula is C10H13ClN2O4S. The summed E-state index contributed by atoms with van der Waals surface area (Å²) in [6, 6.07) is 2.73. The van der Waals surface area contributed by atoms with Crippen LogP contribution in [0.25, 0.3) is 0 Å². The summed E-state index contributed by atoms with van der Waals surface area (Å²) in [5, 5.41) is 8.57. The lowest BCUT2D eigenvalue weighted by atomic mass is 10.5. The van der Waals surface area contributed by atoms with Crippen molar-refractivity contribution in [3.05, 3.63) is 23.5 Å². The first-order valence-electron chi connectivity index (χ1n) is 5.22. The van der Waals surface area contributed by atoms with Crippen LogP contribution in [-0.4, -0.2) is 41.9 Å². The van der Waals surface area contributed by atoms with E-state index >= 15 is 0 Å². The Hall–Kier alpha value is -1.18. The molecule has 0 bridgehead atoms. The summed E-state index contributed by atoms with van der Waals surface area (Å²) in [6.45, 7) is 1.27. The molecule has 0 unspecified atom stereocenters. The number of halogens is 1. The van der Waals surface area contributed by atoms with Crippen LogP contribution in [-0.2, 0) is 14.8 Å². The molecule has 1 rings (SSSR count). The summed E-state index contributed by atoms with van der Waals surface area (Å²) in [6.07, 6.45) is 1.87. The van der Waals surface area contributed by atoms with Crippen molar-refractivity contribution in [3.8, 4) is 0 Å². The number of aromatic nitrogens is 1. The van der Waals surface area contributed by atoms with E-state index in [-0.39, 0.29) is 16.6 Å². The van der Waals surface area contributed by atoms with E-state index in [1.165, 1.54) is 18.3 Å². The number of carboxylic acid groups (broad SMARTS) is 1. The van der Waals surface area contributed by atoms with Gasteiger partial charge in [-0.1, -0.05) is 18.5 Å². The van der Waals surface area contributed by atoms with Crippen molar-refractivity contribution in [2.75, 3.05) is 13.1 Å². The lowest BCUT2D eigenvalue weighted by molar-refractivity contribution is -0.137. The number of pyridine rings is 1. The predicted molar refractivity (Wildman–Crippen MR) is 65.9 cm³/mol. The largest absolute Gasteiger partial charge is 0.480 e. The molecule has 1 aromatic heterocycles. The Morgan fingerprint density at radius 1 is 1.56 bits per heavy atom. The zero-order chi connectivity index (χ0) is 13.8. The molecule has 0 saturated carbocycles. The van der Waals surface area contributed by atoms with Crippen molar-refractivity contribution < 1.29 is 18.3 Å². The van der Waals surface area contributed by atoms with Crippen LogP contribution in [0.5, 0.6) is 0 Å². The van der Waals surface area contributed by atoms with Gasteiger partial charge in [-0.2, -0.15) is 4.31 Å². The van der Waals surface area contributed by atoms with Crippen LogP contribution in [0.4, 0.5) is 0 Å². The lowest BCUT2D eigenvalue weighted by Gasteiger charge is -2.19. The molecule has 0 amide bonds. The molecule has 1 N–H and O–H groups in total. The zero-order valence-corrected chi connectivity index (χ0v) is 11.3. The van der Waals surface area contributed by atoms with Crippen molar-refractivity contribution >= 4 is 27.6 Å². The van der Waals surface area contributed by atoms with E-state index in [4.69, 9.17) is 16.7 Å². The van der Waals surface area contributed by atoms with Gasteiger partial charge in [-0.05, 0) is 18.6 Å². The smallest absolute Gasteiger partial charge is 0.318 e. The number of hydrogen-bond acceptors (Lipinski definition) is 4. The van der Waals surface area contributed by atoms with Crippen molar-refractivity contribution in [2.45, 2.75) is 18.2 Å². The Kier molecular flexibility index (Phi) is 5.06. The van der Waals surface area contributed by atoms with Gasteiger partial charge in [0.15, 0.2) is 0 Å². The normalized spacial score (nSPS) is 11.7. The van der Waals surface area contributed by atoms with Gasteiger partial charge in [0.25, 0.3) is 0 Å². The minimum absolute atomic E-state index is 0.111. The Balaban J connectivity index is 3.17. The van der Waals surface area contributed by atoms with Crippen LogP contribution in [0.3, 0.4) is 0 Å². The number of carboxylic acids is 1. The summed E-state index contributed by atoms with van der Waals surface area (Å²) in [5.74, 6) is -1.22. The second kappa shape index (κ2) is 6.12. The van der Waals surface area contributed by atoms with E-state index in [9.17, 15) is 13.2 Å². The van der Waals surface area contributed by atoms with E-state index in [0.717, 1.165) is 4.31 Å². The van der Waals surface area contributed by atoms with Crippen LogP contribution in [0.1, 0.15) is 13.3 Å². The fourth-order valence-electron chi connectivity index (χ4n) is 1.39. The van der Waals surface area contributed by atoms with Crippen molar-refractivity contribution in [1.82, 2.24) is 9.29 Å². The highest BCUT2D eigenvalue weighted by Gasteiger charge is 2.28. The summed E-state index contributed by atoms with van der Waals surface area (Å²) >= 11 is 5.73. The van der Waals surface area contributed by atoms with E-state index in [1.807, 2.05) is 0 Å². The monoisotopic (exact) mass is 292 g/mol. The molecule has 6 nitrogen and oxygen atoms in total. The highest BCUT2D eigenvalue weighted by atomic mass is 35.5. The standard InChI is InChI=1S/C10H13ClN2O4S/c1-2-6-13(7-9(14)15)18(16,17)8-4-3-5-12-10(8)11/h3-5H,2,6-7H2,1H3,(H,14,15). The number of sulfonamides is 1. The Morgan fingerprint density at radius 3 is 2.72 bits per heavy atom. The van der Waals surface area contributed by atoms with Crippen LogP contribution < -0.4 is 0 Å². The Bertz CT molecular complexity index is 532. The topological polar surface area (TPSA) is 87.6 Å². The molecule has 0 fully saturated rings. The molecule has 0 aliphatic rings. The van der Waals surface area contributed by atoms with Crippen molar-refractivity contribution in [3.63, 3.8) is 0 Å². The van der Waals surface area contributed by atoms with Gasteiger partial charge in [-0.15, -0.1) is 0 Å². The molecule has 0 atom stereocenters. The van der Waals surface area contributed by atoms with Gasteiger partial charge >= 0.3 is 5.97 Å². The second-order valence-corrected chi connectivity index (χ2v) is 5.79. The van der Waals surface area contributed by atoms with Crippen LogP contribution in [0.15, 0.2) is 23.2 Å². The average Bonchev–Trinajstić information content (AvgIpc) is 2.28. The number of aliphatic carboxylic acids is 1. The minimum Gasteiger partial charge on any atom is -0.480 e. The number of hydrogen-bond donors (Lipinski definition) is 1. The maximum atomic E-state index is 12.2. The molecule has 18 heavy (non-hydrogen) atoms. The van der Waals surface area contributed by atoms with Gasteiger partial charge in [0.05, 0.1) is 0 Å². The predicted octanol–water partition coefficient (Wildman–Crippen LogP) is 1.22. The van der Waals surface area contributed by atoms with Gasteiger partial charge < -0.3 is 5.11 Å². The van der Waals surface area contributed by atoms with Crippen LogP contribution in [0.2, 0.25) is 5.15 Å². The molecule has 0 saturated heterocycles. The highest BCUT2D eigenvalue weighted by molar-refractivity contribution is 7.89. The van der Waals surface area contributed by atoms with Crippen LogP contribution in [0, 0.1) is 0 Å². The summed E-state index contributed by atoms with van der Waals surface area (Å²) in [5.41, 5.74) is 0. The third kappa shape index (κ3) is 3.41. The average molecular weight is 293 g/mol. The van der Waals surface area contributed by atoms with Crippen molar-refractivity contribution in [2.24, 2.45) is 0 Å². The highest BCUT2D eigenvalue weighted by Crippen LogP contribution is 2.22. The molecule has 100 valence electrons. The third-order valence-electron chi connectivity index (χ3n) is 2.13. The summed E-state index contributed by atoms with van der Waals surface area (Å²) in [7, 11) is -3.93. The molecule has 0 radical (unpaired) electrons. The molecule has 0 spiro atoms. The molecule has 1 aromatic rings. The molecule has 0 aliphatic carbocycles. The van der Waals surface area contributed by atoms with Crippen LogP contribution >= 0.6 is 11.6 Å². The van der Waals surface area contributed by atoms with Gasteiger partial charge in [0, 0.05) is 12.7 Å². The molecule has 0 aliphatic heterocycles. The quantitative estimate of drug-likeness (QED) is 0.797. The maximum Gasteiger partial charge on any atom is 0.318 e. The number of nitrogens with zero attached hydrogens (tertiary/aromatic N) is 2. The summed E-state index contributed by atoms with van der Waals surface area (Å²) < 4.78 is 25.3. The van der Waals surface area contributed by atoms with Gasteiger partial charge in [-0.3, -0.25) is 4.79 Å². The molecule has 1 heterocycles. The fourth-order valence-corrected chi connectivity index (χ4v) is 3.30. The maximum absolute atomic E-state index is 12.2. The van der Waals surface area contributed by atoms with E-state index < -0.39 is 22.5 Å². The second-order valence-electron chi connectivity index (χ2n) is 3.52. The molecule has 0 aromatic carbocycles. The number of carbonyl (C=O) groups is 1. The summed E-state index contributed by atoms with van der Waals surface area (Å²) in [4.78, 5) is 14.2. The van der Waals surface area contributed by atoms with E-state index in [2.05, 4.69) is 4.98 Å². The van der Waals surface area contributed by atoms with E-state index in [1.54, 1.807) is 6.92 Å². The van der Waals surface area contributed by atoms with Gasteiger partial charge in [-0.25, -0.2) is 13.4 Å². The fraction of sp³-hybridized carbons (Fsp3) is 0.400. The Morgan fingerprint density at radius 2 is 2.22 bits per heavy atom. The molecular weight excluding hydrogens is 280 g/mol.